The quantitative estimate of drug-likeness (QED) is 0.376. The summed E-state index contributed by atoms with van der Waals surface area (Å²) in [5.74, 6) is 2.84. The highest BCUT2D eigenvalue weighted by Crippen LogP contribution is 2.72. The Morgan fingerprint density at radius 1 is 0.951 bits per heavy atom. The molecule has 0 radical (unpaired) electrons. The van der Waals surface area contributed by atoms with E-state index in [4.69, 9.17) is 0 Å². The van der Waals surface area contributed by atoms with Gasteiger partial charge in [-0.3, -0.25) is 9.59 Å². The predicted molar refractivity (Wildman–Crippen MR) is 164 cm³/mol. The lowest BCUT2D eigenvalue weighted by Crippen LogP contribution is -2.64. The lowest BCUT2D eigenvalue weighted by molar-refractivity contribution is -0.202. The zero-order chi connectivity index (χ0) is 29.4. The van der Waals surface area contributed by atoms with Gasteiger partial charge in [0.1, 0.15) is 0 Å². The Labute approximate surface area is 249 Å². The van der Waals surface area contributed by atoms with Crippen molar-refractivity contribution in [3.8, 4) is 0 Å². The van der Waals surface area contributed by atoms with Crippen LogP contribution >= 0.6 is 0 Å². The molecule has 1 amide bonds. The van der Waals surface area contributed by atoms with E-state index in [-0.39, 0.29) is 34.2 Å². The molecule has 0 bridgehead atoms. The van der Waals surface area contributed by atoms with Gasteiger partial charge in [-0.2, -0.15) is 0 Å². The van der Waals surface area contributed by atoms with Crippen molar-refractivity contribution in [2.75, 3.05) is 19.6 Å². The van der Waals surface area contributed by atoms with Crippen LogP contribution in [0.3, 0.4) is 0 Å². The number of carbonyl (C=O) groups is 2. The molecule has 0 aromatic rings. The van der Waals surface area contributed by atoms with E-state index in [1.807, 2.05) is 0 Å². The summed E-state index contributed by atoms with van der Waals surface area (Å²) in [6, 6.07) is 0. The maximum atomic E-state index is 13.7. The molecule has 5 nitrogen and oxygen atoms in total. The molecule has 4 saturated carbocycles. The van der Waals surface area contributed by atoms with Crippen molar-refractivity contribution in [1.29, 1.82) is 0 Å². The molecule has 230 valence electrons. The number of aliphatic hydroxyl groups excluding tert-OH is 1. The largest absolute Gasteiger partial charge is 0.393 e. The van der Waals surface area contributed by atoms with Gasteiger partial charge in [0.15, 0.2) is 5.78 Å². The molecule has 0 aromatic carbocycles. The number of carbonyl (C=O) groups excluding carboxylic acids is 2. The maximum Gasteiger partial charge on any atom is 0.220 e. The van der Waals surface area contributed by atoms with E-state index in [0.29, 0.717) is 42.3 Å². The molecule has 1 aliphatic heterocycles. The van der Waals surface area contributed by atoms with Crippen LogP contribution in [0.5, 0.6) is 0 Å². The molecule has 0 aromatic heterocycles. The summed E-state index contributed by atoms with van der Waals surface area (Å²) < 4.78 is 0. The molecule has 6 aliphatic rings. The van der Waals surface area contributed by atoms with E-state index in [1.54, 1.807) is 0 Å². The number of amides is 1. The monoisotopic (exact) mass is 566 g/mol. The third kappa shape index (κ3) is 4.61. The summed E-state index contributed by atoms with van der Waals surface area (Å²) in [4.78, 5) is 29.6. The first-order chi connectivity index (χ1) is 19.3. The smallest absolute Gasteiger partial charge is 0.220 e. The molecule has 41 heavy (non-hydrogen) atoms. The van der Waals surface area contributed by atoms with E-state index >= 15 is 0 Å². The third-order valence-electron chi connectivity index (χ3n) is 14.0. The van der Waals surface area contributed by atoms with E-state index in [1.165, 1.54) is 50.8 Å². The molecule has 1 saturated heterocycles. The number of fused-ring (bicyclic) bond motifs is 7. The first-order valence-corrected chi connectivity index (χ1v) is 17.3. The van der Waals surface area contributed by atoms with Gasteiger partial charge in [0.25, 0.3) is 0 Å². The number of nitrogens with one attached hydrogen (secondary N) is 1. The van der Waals surface area contributed by atoms with Gasteiger partial charge in [0.05, 0.1) is 11.6 Å². The Bertz CT molecular complexity index is 1090. The molecule has 8 unspecified atom stereocenters. The number of Topliss-reactive ketones (excluding diaryl/α,β-unsaturated/α-hetero) is 1. The van der Waals surface area contributed by atoms with E-state index < -0.39 is 5.54 Å². The van der Waals surface area contributed by atoms with E-state index in [9.17, 15) is 14.7 Å². The van der Waals surface area contributed by atoms with Crippen LogP contribution in [-0.2, 0) is 9.59 Å². The van der Waals surface area contributed by atoms with Gasteiger partial charge in [0, 0.05) is 12.8 Å². The second kappa shape index (κ2) is 10.5. The predicted octanol–water partition coefficient (Wildman–Crippen LogP) is 6.68. The first-order valence-electron chi connectivity index (χ1n) is 17.3. The topological polar surface area (TPSA) is 69.6 Å². The Hall–Kier alpha value is -1.20. The molecule has 5 fully saturated rings. The number of rotatable bonds is 6. The highest BCUT2D eigenvalue weighted by molar-refractivity contribution is 6.02. The van der Waals surface area contributed by atoms with Crippen molar-refractivity contribution in [2.24, 2.45) is 45.8 Å². The Morgan fingerprint density at radius 2 is 1.66 bits per heavy atom. The minimum absolute atomic E-state index is 0.0306. The molecule has 6 rings (SSSR count). The fourth-order valence-electron chi connectivity index (χ4n) is 12.2. The Kier molecular flexibility index (Phi) is 7.62. The number of nitrogens with zero attached hydrogens (tertiary/aromatic N) is 1. The summed E-state index contributed by atoms with van der Waals surface area (Å²) >= 11 is 0. The summed E-state index contributed by atoms with van der Waals surface area (Å²) in [7, 11) is 0. The molecular formula is C36H58N2O3. The lowest BCUT2D eigenvalue weighted by atomic mass is 9.37. The molecule has 1 heterocycles. The number of hydrogen-bond acceptors (Lipinski definition) is 4. The number of ketones is 1. The van der Waals surface area contributed by atoms with Crippen molar-refractivity contribution < 1.29 is 14.7 Å². The van der Waals surface area contributed by atoms with Crippen LogP contribution in [0, 0.1) is 45.8 Å². The molecule has 5 aliphatic carbocycles. The van der Waals surface area contributed by atoms with Crippen LogP contribution in [0.1, 0.15) is 125 Å². The molecule has 8 atom stereocenters. The second-order valence-electron chi connectivity index (χ2n) is 16.7. The van der Waals surface area contributed by atoms with Gasteiger partial charge in [-0.05, 0) is 147 Å². The SMILES string of the molecule is CC(C)C1=C2C3CCC4C(C)(CCC5C(C)(C)C(O)CCC54C)C3CCC2(NC(=O)CCCN2CCCC2)CC1=O. The zero-order valence-corrected chi connectivity index (χ0v) is 27.0. The summed E-state index contributed by atoms with van der Waals surface area (Å²) in [6.45, 7) is 17.5. The number of hydrogen-bond donors (Lipinski definition) is 2. The van der Waals surface area contributed by atoms with Crippen molar-refractivity contribution in [2.45, 2.75) is 137 Å². The number of likely N-dealkylation sites (tertiary alicyclic amines) is 1. The third-order valence-corrected chi connectivity index (χ3v) is 14.0. The van der Waals surface area contributed by atoms with Crippen LogP contribution in [0.15, 0.2) is 11.1 Å². The molecular weight excluding hydrogens is 508 g/mol. The van der Waals surface area contributed by atoms with Gasteiger partial charge < -0.3 is 15.3 Å². The minimum Gasteiger partial charge on any atom is -0.393 e. The summed E-state index contributed by atoms with van der Waals surface area (Å²) in [6.07, 6.45) is 13.2. The zero-order valence-electron chi connectivity index (χ0n) is 27.0. The molecule has 5 heteroatoms. The van der Waals surface area contributed by atoms with Gasteiger partial charge in [-0.1, -0.05) is 41.5 Å². The maximum absolute atomic E-state index is 13.7. The van der Waals surface area contributed by atoms with Crippen molar-refractivity contribution in [1.82, 2.24) is 10.2 Å². The highest BCUT2D eigenvalue weighted by Gasteiger charge is 2.66. The van der Waals surface area contributed by atoms with Crippen LogP contribution in [0.2, 0.25) is 0 Å². The number of aliphatic hydroxyl groups is 1. The molecule has 2 N–H and O–H groups in total. The van der Waals surface area contributed by atoms with Crippen LogP contribution in [-0.4, -0.2) is 53.0 Å². The van der Waals surface area contributed by atoms with Crippen molar-refractivity contribution in [3.63, 3.8) is 0 Å². The van der Waals surface area contributed by atoms with Crippen LogP contribution in [0.25, 0.3) is 0 Å². The fraction of sp³-hybridized carbons (Fsp3) is 0.889. The molecule has 0 spiro atoms. The normalized spacial score (nSPS) is 43.9. The average molecular weight is 567 g/mol. The highest BCUT2D eigenvalue weighted by atomic mass is 16.3. The second-order valence-corrected chi connectivity index (χ2v) is 16.7. The van der Waals surface area contributed by atoms with Gasteiger partial charge in [-0.15, -0.1) is 0 Å². The first kappa shape index (κ1) is 29.9. The summed E-state index contributed by atoms with van der Waals surface area (Å²) in [5.41, 5.74) is 2.44. The van der Waals surface area contributed by atoms with Crippen molar-refractivity contribution >= 4 is 11.7 Å². The Morgan fingerprint density at radius 3 is 2.37 bits per heavy atom. The average Bonchev–Trinajstić information content (AvgIpc) is 3.51. The lowest BCUT2D eigenvalue weighted by Gasteiger charge is -2.68. The Balaban J connectivity index is 1.27. The van der Waals surface area contributed by atoms with Crippen LogP contribution < -0.4 is 5.32 Å². The summed E-state index contributed by atoms with van der Waals surface area (Å²) in [5, 5.41) is 14.5. The number of allylic oxidation sites excluding steroid dienone is 1. The standard InChI is InChI=1S/C36H58N2O3/c1-23(2)31-26(39)22-36(37-30(41)10-9-21-38-19-7-8-20-38)18-13-25-24(32(31)36)11-12-28-34(25,5)16-14-27-33(3,4)29(40)15-17-35(27,28)6/h23-25,27-29,40H,7-22H2,1-6H3,(H,37,41). The minimum atomic E-state index is -0.455. The van der Waals surface area contributed by atoms with E-state index in [0.717, 1.165) is 50.6 Å². The van der Waals surface area contributed by atoms with Gasteiger partial charge in [0.2, 0.25) is 5.91 Å². The van der Waals surface area contributed by atoms with E-state index in [2.05, 4.69) is 51.8 Å². The van der Waals surface area contributed by atoms with Crippen LogP contribution in [0.4, 0.5) is 0 Å². The van der Waals surface area contributed by atoms with Crippen molar-refractivity contribution in [3.05, 3.63) is 11.1 Å². The van der Waals surface area contributed by atoms with Gasteiger partial charge in [-0.25, -0.2) is 0 Å². The van der Waals surface area contributed by atoms with Gasteiger partial charge >= 0.3 is 0 Å². The fourth-order valence-corrected chi connectivity index (χ4v) is 12.2.